The van der Waals surface area contributed by atoms with Gasteiger partial charge in [0.15, 0.2) is 0 Å². The van der Waals surface area contributed by atoms with Gasteiger partial charge in [-0.3, -0.25) is 14.5 Å². The Kier molecular flexibility index (Phi) is 6.92. The third-order valence-corrected chi connectivity index (χ3v) is 5.86. The van der Waals surface area contributed by atoms with Gasteiger partial charge < -0.3 is 10.6 Å². The molecule has 1 saturated heterocycles. The van der Waals surface area contributed by atoms with Gasteiger partial charge in [-0.15, -0.1) is 6.42 Å². The summed E-state index contributed by atoms with van der Waals surface area (Å²) < 4.78 is 0.264. The van der Waals surface area contributed by atoms with Gasteiger partial charge in [0.1, 0.15) is 0 Å². The summed E-state index contributed by atoms with van der Waals surface area (Å²) in [6, 6.07) is -0.0837. The number of hydrogen-bond acceptors (Lipinski definition) is 3. The fourth-order valence-corrected chi connectivity index (χ4v) is 4.49. The molecular formula is C21H28IN3O2. The molecule has 1 fully saturated rings. The molecule has 2 aliphatic rings. The first kappa shape index (κ1) is 21.7. The molecule has 1 unspecified atom stereocenters. The Hall–Kier alpha value is -1.59. The summed E-state index contributed by atoms with van der Waals surface area (Å²) in [6.07, 6.45) is 16.4. The summed E-state index contributed by atoms with van der Waals surface area (Å²) >= 11 is 2.27. The number of carbonyl (C=O) groups excluding carboxylic acids is 2. The van der Waals surface area contributed by atoms with Crippen molar-refractivity contribution in [2.24, 2.45) is 0 Å². The average Bonchev–Trinajstić information content (AvgIpc) is 2.74. The third kappa shape index (κ3) is 5.69. The summed E-state index contributed by atoms with van der Waals surface area (Å²) in [5.41, 5.74) is 0.264. The quantitative estimate of drug-likeness (QED) is 0.282. The van der Waals surface area contributed by atoms with Crippen LogP contribution in [-0.2, 0) is 9.59 Å². The Morgan fingerprint density at radius 2 is 1.85 bits per heavy atom. The number of hydrogen-bond donors (Lipinski definition) is 2. The molecule has 1 aliphatic heterocycles. The van der Waals surface area contributed by atoms with Gasteiger partial charge in [-0.25, -0.2) is 0 Å². The molecule has 5 nitrogen and oxygen atoms in total. The number of rotatable bonds is 3. The number of nitrogens with zero attached hydrogens (tertiary/aromatic N) is 1. The predicted molar refractivity (Wildman–Crippen MR) is 117 cm³/mol. The van der Waals surface area contributed by atoms with E-state index in [0.717, 1.165) is 12.8 Å². The van der Waals surface area contributed by atoms with Crippen LogP contribution in [-0.4, -0.2) is 44.3 Å². The summed E-state index contributed by atoms with van der Waals surface area (Å²) in [6.45, 7) is 9.06. The largest absolute Gasteiger partial charge is 0.345 e. The number of likely N-dealkylation sites (tertiary alicyclic amines) is 1. The summed E-state index contributed by atoms with van der Waals surface area (Å²) in [5.74, 6) is 1.48. The highest BCUT2D eigenvalue weighted by Gasteiger charge is 2.45. The van der Waals surface area contributed by atoms with E-state index in [4.69, 9.17) is 6.42 Å². The first-order chi connectivity index (χ1) is 12.5. The van der Waals surface area contributed by atoms with Crippen LogP contribution in [0.15, 0.2) is 36.1 Å². The van der Waals surface area contributed by atoms with Crippen molar-refractivity contribution in [1.82, 2.24) is 15.5 Å². The standard InChI is InChI=1S/C21H28IN3O2/c1-6-12-25-20(2,3)13-17(14-21(25,4)5)24-19(27)18(26)23-16-9-7-8-15(22)10-11-16/h1,7-11,15,17H,12-14H2,2-5H3,(H,23,26)(H,24,27). The number of halogens is 1. The van der Waals surface area contributed by atoms with E-state index in [-0.39, 0.29) is 21.0 Å². The topological polar surface area (TPSA) is 61.4 Å². The number of piperidine rings is 1. The molecule has 1 aliphatic carbocycles. The van der Waals surface area contributed by atoms with Crippen LogP contribution in [0.5, 0.6) is 0 Å². The molecule has 0 bridgehead atoms. The molecule has 0 saturated carbocycles. The molecule has 0 radical (unpaired) electrons. The van der Waals surface area contributed by atoms with Crippen LogP contribution < -0.4 is 10.6 Å². The first-order valence-electron chi connectivity index (χ1n) is 9.09. The molecule has 0 spiro atoms. The second-order valence-electron chi connectivity index (χ2n) is 8.26. The maximum absolute atomic E-state index is 12.4. The minimum absolute atomic E-state index is 0.0837. The van der Waals surface area contributed by atoms with Crippen molar-refractivity contribution in [2.75, 3.05) is 6.54 Å². The van der Waals surface area contributed by atoms with E-state index in [1.165, 1.54) is 0 Å². The smallest absolute Gasteiger partial charge is 0.313 e. The third-order valence-electron chi connectivity index (χ3n) is 5.03. The predicted octanol–water partition coefficient (Wildman–Crippen LogP) is 2.69. The highest BCUT2D eigenvalue weighted by molar-refractivity contribution is 14.1. The van der Waals surface area contributed by atoms with E-state index in [2.05, 4.69) is 71.7 Å². The molecule has 2 amide bonds. The Labute approximate surface area is 175 Å². The number of allylic oxidation sites excluding steroid dienone is 5. The van der Waals surface area contributed by atoms with E-state index in [0.29, 0.717) is 12.2 Å². The van der Waals surface area contributed by atoms with E-state index in [1.54, 1.807) is 6.08 Å². The van der Waals surface area contributed by atoms with Gasteiger partial charge in [0.05, 0.1) is 6.54 Å². The highest BCUT2D eigenvalue weighted by Crippen LogP contribution is 2.37. The Morgan fingerprint density at radius 1 is 1.22 bits per heavy atom. The second kappa shape index (κ2) is 8.61. The molecule has 27 heavy (non-hydrogen) atoms. The minimum atomic E-state index is -0.645. The van der Waals surface area contributed by atoms with Crippen molar-refractivity contribution in [2.45, 2.75) is 61.6 Å². The van der Waals surface area contributed by atoms with Crippen LogP contribution in [0.3, 0.4) is 0 Å². The van der Waals surface area contributed by atoms with Crippen LogP contribution in [0.1, 0.15) is 40.5 Å². The van der Waals surface area contributed by atoms with Gasteiger partial charge in [-0.2, -0.15) is 0 Å². The van der Waals surface area contributed by atoms with Gasteiger partial charge in [0, 0.05) is 26.7 Å². The zero-order valence-corrected chi connectivity index (χ0v) is 18.5. The lowest BCUT2D eigenvalue weighted by molar-refractivity contribution is -0.140. The zero-order valence-electron chi connectivity index (χ0n) is 16.4. The molecule has 2 N–H and O–H groups in total. The highest BCUT2D eigenvalue weighted by atomic mass is 127. The van der Waals surface area contributed by atoms with E-state index >= 15 is 0 Å². The fourth-order valence-electron chi connectivity index (χ4n) is 4.04. The normalized spacial score (nSPS) is 24.4. The lowest BCUT2D eigenvalue weighted by Gasteiger charge is -2.54. The lowest BCUT2D eigenvalue weighted by Crippen LogP contribution is -2.64. The lowest BCUT2D eigenvalue weighted by atomic mass is 9.77. The van der Waals surface area contributed by atoms with Crippen LogP contribution >= 0.6 is 22.6 Å². The Bertz CT molecular complexity index is 710. The number of terminal acetylenes is 1. The Morgan fingerprint density at radius 3 is 2.44 bits per heavy atom. The molecular weight excluding hydrogens is 453 g/mol. The van der Waals surface area contributed by atoms with E-state index in [1.807, 2.05) is 24.3 Å². The monoisotopic (exact) mass is 481 g/mol. The molecule has 1 atom stereocenters. The molecule has 2 rings (SSSR count). The van der Waals surface area contributed by atoms with Gasteiger partial charge in [0.2, 0.25) is 0 Å². The van der Waals surface area contributed by atoms with Gasteiger partial charge in [-0.05, 0) is 52.7 Å². The maximum atomic E-state index is 12.4. The van der Waals surface area contributed by atoms with Crippen molar-refractivity contribution in [3.63, 3.8) is 0 Å². The number of alkyl halides is 1. The van der Waals surface area contributed by atoms with Crippen molar-refractivity contribution in [3.8, 4) is 12.3 Å². The summed E-state index contributed by atoms with van der Waals surface area (Å²) in [4.78, 5) is 27.0. The molecule has 6 heteroatoms. The van der Waals surface area contributed by atoms with Crippen molar-refractivity contribution in [1.29, 1.82) is 0 Å². The van der Waals surface area contributed by atoms with Crippen molar-refractivity contribution >= 4 is 34.4 Å². The van der Waals surface area contributed by atoms with Crippen LogP contribution in [0.25, 0.3) is 0 Å². The van der Waals surface area contributed by atoms with Crippen LogP contribution in [0.4, 0.5) is 0 Å². The SMILES string of the molecule is C#CCN1C(C)(C)CC(NC(=O)C(=O)NC2=CC=CC(I)C=C2)CC1(C)C. The number of carbonyl (C=O) groups is 2. The van der Waals surface area contributed by atoms with E-state index in [9.17, 15) is 9.59 Å². The fraction of sp³-hybridized carbons (Fsp3) is 0.524. The van der Waals surface area contributed by atoms with Crippen molar-refractivity contribution < 1.29 is 9.59 Å². The molecule has 0 aromatic heterocycles. The summed E-state index contributed by atoms with van der Waals surface area (Å²) in [7, 11) is 0. The number of nitrogens with one attached hydrogen (secondary N) is 2. The van der Waals surface area contributed by atoms with Gasteiger partial charge >= 0.3 is 11.8 Å². The second-order valence-corrected chi connectivity index (χ2v) is 9.70. The first-order valence-corrected chi connectivity index (χ1v) is 10.3. The zero-order chi connectivity index (χ0) is 20.2. The minimum Gasteiger partial charge on any atom is -0.345 e. The maximum Gasteiger partial charge on any atom is 0.313 e. The van der Waals surface area contributed by atoms with Crippen molar-refractivity contribution in [3.05, 3.63) is 36.1 Å². The molecule has 146 valence electrons. The van der Waals surface area contributed by atoms with Crippen LogP contribution in [0, 0.1) is 12.3 Å². The van der Waals surface area contributed by atoms with E-state index < -0.39 is 11.8 Å². The van der Waals surface area contributed by atoms with Crippen LogP contribution in [0.2, 0.25) is 0 Å². The van der Waals surface area contributed by atoms with Gasteiger partial charge in [0.25, 0.3) is 0 Å². The Balaban J connectivity index is 2.00. The molecule has 0 aromatic rings. The van der Waals surface area contributed by atoms with Gasteiger partial charge in [-0.1, -0.05) is 46.7 Å². The molecule has 0 aromatic carbocycles. The number of amides is 2. The average molecular weight is 481 g/mol. The molecule has 1 heterocycles. The summed E-state index contributed by atoms with van der Waals surface area (Å²) in [5, 5.41) is 5.58.